The van der Waals surface area contributed by atoms with Crippen LogP contribution in [0.3, 0.4) is 0 Å². The van der Waals surface area contributed by atoms with Crippen LogP contribution in [0.5, 0.6) is 11.5 Å². The number of fused-ring (bicyclic) bond motifs is 1. The van der Waals surface area contributed by atoms with Crippen molar-refractivity contribution in [2.24, 2.45) is 4.40 Å². The Morgan fingerprint density at radius 3 is 2.17 bits per heavy atom. The van der Waals surface area contributed by atoms with E-state index in [0.29, 0.717) is 42.5 Å². The number of methoxy groups -OCH3 is 1. The van der Waals surface area contributed by atoms with Crippen molar-refractivity contribution in [2.45, 2.75) is 42.5 Å². The number of carbonyl (C=O) groups excluding carboxylic acids is 1. The maximum absolute atomic E-state index is 13.0. The Morgan fingerprint density at radius 2 is 1.52 bits per heavy atom. The van der Waals surface area contributed by atoms with E-state index in [1.807, 2.05) is 42.2 Å². The zero-order chi connectivity index (χ0) is 32.5. The van der Waals surface area contributed by atoms with Crippen molar-refractivity contribution in [3.63, 3.8) is 0 Å². The minimum absolute atomic E-state index is 0.140. The summed E-state index contributed by atoms with van der Waals surface area (Å²) in [5, 5.41) is 0. The van der Waals surface area contributed by atoms with Crippen LogP contribution in [0, 0.1) is 6.92 Å². The van der Waals surface area contributed by atoms with E-state index < -0.39 is 26.0 Å². The Morgan fingerprint density at radius 1 is 0.870 bits per heavy atom. The van der Waals surface area contributed by atoms with Crippen LogP contribution in [0.15, 0.2) is 105 Å². The van der Waals surface area contributed by atoms with Gasteiger partial charge in [0.2, 0.25) is 10.0 Å². The maximum atomic E-state index is 13.0. The molecule has 1 fully saturated rings. The summed E-state index contributed by atoms with van der Waals surface area (Å²) in [5.74, 6) is 0.622. The first-order valence-corrected chi connectivity index (χ1v) is 17.7. The number of sulfonamides is 2. The van der Waals surface area contributed by atoms with Crippen LogP contribution in [0.25, 0.3) is 0 Å². The number of rotatable bonds is 8. The van der Waals surface area contributed by atoms with Gasteiger partial charge >= 0.3 is 5.97 Å². The molecule has 4 aromatic carbocycles. The summed E-state index contributed by atoms with van der Waals surface area (Å²) in [6.45, 7) is 3.14. The zero-order valence-corrected chi connectivity index (χ0v) is 27.1. The summed E-state index contributed by atoms with van der Waals surface area (Å²) in [7, 11) is -5.92. The van der Waals surface area contributed by atoms with Gasteiger partial charge in [-0.15, -0.1) is 4.40 Å². The topological polar surface area (TPSA) is 123 Å². The fourth-order valence-electron chi connectivity index (χ4n) is 5.61. The highest BCUT2D eigenvalue weighted by Crippen LogP contribution is 2.34. The highest BCUT2D eigenvalue weighted by Gasteiger charge is 2.34. The van der Waals surface area contributed by atoms with Crippen LogP contribution in [0.1, 0.15) is 46.3 Å². The molecule has 0 atom stereocenters. The molecule has 0 aromatic heterocycles. The van der Waals surface area contributed by atoms with Gasteiger partial charge in [0.05, 0.1) is 17.6 Å². The second kappa shape index (κ2) is 12.7. The predicted octanol–water partition coefficient (Wildman–Crippen LogP) is 5.55. The summed E-state index contributed by atoms with van der Waals surface area (Å²) < 4.78 is 68.5. The molecule has 0 amide bonds. The zero-order valence-electron chi connectivity index (χ0n) is 25.4. The van der Waals surface area contributed by atoms with E-state index in [-0.39, 0.29) is 21.1 Å². The number of esters is 1. The molecule has 2 heterocycles. The van der Waals surface area contributed by atoms with E-state index in [1.165, 1.54) is 28.6 Å². The number of carbonyl (C=O) groups is 1. The van der Waals surface area contributed by atoms with E-state index in [1.54, 1.807) is 43.5 Å². The molecule has 2 aliphatic rings. The molecule has 0 unspecified atom stereocenters. The Labute approximate surface area is 269 Å². The Bertz CT molecular complexity index is 2000. The third kappa shape index (κ3) is 6.28. The molecule has 0 bridgehead atoms. The van der Waals surface area contributed by atoms with Crippen molar-refractivity contribution in [2.75, 3.05) is 25.1 Å². The number of hydrogen-bond donors (Lipinski definition) is 0. The molecule has 238 valence electrons. The lowest BCUT2D eigenvalue weighted by molar-refractivity contribution is 0.0734. The summed E-state index contributed by atoms with van der Waals surface area (Å²) in [6, 6.07) is 25.0. The van der Waals surface area contributed by atoms with Crippen molar-refractivity contribution in [3.8, 4) is 11.5 Å². The second-order valence-electron chi connectivity index (χ2n) is 11.1. The van der Waals surface area contributed by atoms with E-state index in [4.69, 9.17) is 9.47 Å². The van der Waals surface area contributed by atoms with E-state index in [2.05, 4.69) is 4.40 Å². The summed E-state index contributed by atoms with van der Waals surface area (Å²) in [4.78, 5) is 15.1. The number of amidine groups is 1. The molecule has 0 radical (unpaired) electrons. The van der Waals surface area contributed by atoms with Crippen molar-refractivity contribution in [1.29, 1.82) is 0 Å². The second-order valence-corrected chi connectivity index (χ2v) is 14.7. The molecule has 2 aliphatic heterocycles. The highest BCUT2D eigenvalue weighted by molar-refractivity contribution is 7.90. The molecule has 12 heteroatoms. The summed E-state index contributed by atoms with van der Waals surface area (Å²) in [6.07, 6.45) is 2.69. The van der Waals surface area contributed by atoms with Crippen LogP contribution in [-0.4, -0.2) is 53.1 Å². The quantitative estimate of drug-likeness (QED) is 0.178. The van der Waals surface area contributed by atoms with Gasteiger partial charge in [0.15, 0.2) is 5.84 Å². The number of aryl methyl sites for hydroxylation is 1. The normalized spacial score (nSPS) is 15.9. The third-order valence-electron chi connectivity index (χ3n) is 8.10. The lowest BCUT2D eigenvalue weighted by Crippen LogP contribution is -2.35. The Kier molecular flexibility index (Phi) is 8.69. The van der Waals surface area contributed by atoms with Gasteiger partial charge < -0.3 is 14.4 Å². The molecular formula is C34H33N3O7S2. The summed E-state index contributed by atoms with van der Waals surface area (Å²) >= 11 is 0. The van der Waals surface area contributed by atoms with Gasteiger partial charge in [0.25, 0.3) is 10.0 Å². The third-order valence-corrected chi connectivity index (χ3v) is 11.3. The smallest absolute Gasteiger partial charge is 0.343 e. The number of nitrogens with zero attached hydrogens (tertiary/aromatic N) is 3. The number of anilines is 1. The van der Waals surface area contributed by atoms with Crippen molar-refractivity contribution in [3.05, 3.63) is 113 Å². The molecule has 10 nitrogen and oxygen atoms in total. The van der Waals surface area contributed by atoms with Gasteiger partial charge in [-0.2, -0.15) is 12.7 Å². The van der Waals surface area contributed by atoms with Crippen LogP contribution < -0.4 is 14.4 Å². The van der Waals surface area contributed by atoms with Gasteiger partial charge in [-0.25, -0.2) is 13.2 Å². The lowest BCUT2D eigenvalue weighted by Gasteiger charge is -2.26. The van der Waals surface area contributed by atoms with E-state index in [9.17, 15) is 21.6 Å². The van der Waals surface area contributed by atoms with Gasteiger partial charge in [0, 0.05) is 30.9 Å². The number of piperidine rings is 1. The molecule has 46 heavy (non-hydrogen) atoms. The van der Waals surface area contributed by atoms with E-state index in [0.717, 1.165) is 30.4 Å². The number of benzene rings is 4. The fraction of sp³-hybridized carbons (Fsp3) is 0.235. The van der Waals surface area contributed by atoms with Crippen LogP contribution in [0.2, 0.25) is 0 Å². The predicted molar refractivity (Wildman–Crippen MR) is 175 cm³/mol. The van der Waals surface area contributed by atoms with E-state index >= 15 is 0 Å². The van der Waals surface area contributed by atoms with Gasteiger partial charge in [-0.1, -0.05) is 30.7 Å². The Balaban J connectivity index is 1.24. The molecule has 0 N–H and O–H groups in total. The monoisotopic (exact) mass is 659 g/mol. The summed E-state index contributed by atoms with van der Waals surface area (Å²) in [5.41, 5.74) is 3.05. The molecule has 1 saturated heterocycles. The molecule has 0 saturated carbocycles. The first-order valence-electron chi connectivity index (χ1n) is 14.8. The molecule has 4 aromatic rings. The molecular weight excluding hydrogens is 627 g/mol. The molecule has 6 rings (SSSR count). The minimum atomic E-state index is -3.89. The van der Waals surface area contributed by atoms with Crippen LogP contribution in [-0.2, 0) is 26.6 Å². The SMILES string of the molecule is COc1ccc(CN(C2=NS(=O)(=O)c3cccc(C)c32)c2ccc(OC(=O)c3ccc(S(=O)(=O)N4CCCCC4)cc3)cc2)cc1. The van der Waals surface area contributed by atoms with Gasteiger partial charge in [-0.05, 0) is 97.6 Å². The number of ether oxygens (including phenoxy) is 2. The van der Waals surface area contributed by atoms with Crippen molar-refractivity contribution in [1.82, 2.24) is 4.31 Å². The van der Waals surface area contributed by atoms with Crippen LogP contribution in [0.4, 0.5) is 5.69 Å². The standard InChI is InChI=1S/C34H33N3O7S2/c1-24-7-6-8-31-32(24)33(35-45(31,39)40)37(23-25-9-15-28(43-2)16-10-25)27-13-17-29(18-14-27)44-34(38)26-11-19-30(20-12-26)46(41,42)36-21-4-3-5-22-36/h6-20H,3-5,21-23H2,1-2H3. The first kappa shape index (κ1) is 31.5. The van der Waals surface area contributed by atoms with Gasteiger partial charge in [-0.3, -0.25) is 0 Å². The highest BCUT2D eigenvalue weighted by atomic mass is 32.2. The fourth-order valence-corrected chi connectivity index (χ4v) is 8.41. The first-order chi connectivity index (χ1) is 22.1. The van der Waals surface area contributed by atoms with Gasteiger partial charge in [0.1, 0.15) is 16.4 Å². The van der Waals surface area contributed by atoms with Crippen molar-refractivity contribution < 1.29 is 31.1 Å². The molecule has 0 spiro atoms. The maximum Gasteiger partial charge on any atom is 0.343 e. The lowest BCUT2D eigenvalue weighted by atomic mass is 10.1. The average Bonchev–Trinajstić information content (AvgIpc) is 3.35. The van der Waals surface area contributed by atoms with Crippen molar-refractivity contribution >= 4 is 37.5 Å². The number of hydrogen-bond acceptors (Lipinski definition) is 8. The Hall–Kier alpha value is -4.52. The largest absolute Gasteiger partial charge is 0.497 e. The molecule has 0 aliphatic carbocycles. The average molecular weight is 660 g/mol. The van der Waals surface area contributed by atoms with Crippen LogP contribution >= 0.6 is 0 Å². The minimum Gasteiger partial charge on any atom is -0.497 e.